The SMILES string of the molecule is CC(C)(C)SC(F)(F)C(=O)O. The van der Waals surface area contributed by atoms with Crippen molar-refractivity contribution in [3.63, 3.8) is 0 Å². The number of carboxylic acid groups (broad SMARTS) is 1. The first-order chi connectivity index (χ1) is 4.65. The van der Waals surface area contributed by atoms with Gasteiger partial charge in [-0.3, -0.25) is 0 Å². The van der Waals surface area contributed by atoms with E-state index >= 15 is 0 Å². The van der Waals surface area contributed by atoms with Crippen molar-refractivity contribution in [2.24, 2.45) is 0 Å². The molecule has 0 spiro atoms. The Kier molecular flexibility index (Phi) is 2.88. The molecule has 0 aromatic heterocycles. The molecule has 0 saturated carbocycles. The fraction of sp³-hybridized carbons (Fsp3) is 0.833. The molecule has 0 amide bonds. The zero-order valence-corrected chi connectivity index (χ0v) is 7.34. The molecular formula is C6H10F2O2S. The molecular weight excluding hydrogens is 174 g/mol. The second-order valence-electron chi connectivity index (χ2n) is 3.04. The van der Waals surface area contributed by atoms with Crippen LogP contribution in [-0.4, -0.2) is 21.1 Å². The van der Waals surface area contributed by atoms with Crippen LogP contribution in [0.15, 0.2) is 0 Å². The summed E-state index contributed by atoms with van der Waals surface area (Å²) in [6.07, 6.45) is 0. The molecule has 0 aliphatic rings. The van der Waals surface area contributed by atoms with Gasteiger partial charge in [0.2, 0.25) is 0 Å². The first-order valence-corrected chi connectivity index (χ1v) is 3.78. The standard InChI is InChI=1S/C6H10F2O2S/c1-5(2,3)11-6(7,8)4(9)10/h1-3H3,(H,9,10). The summed E-state index contributed by atoms with van der Waals surface area (Å²) in [4.78, 5) is 9.93. The van der Waals surface area contributed by atoms with Gasteiger partial charge in [-0.25, -0.2) is 4.79 Å². The molecule has 0 rings (SSSR count). The predicted molar refractivity (Wildman–Crippen MR) is 39.9 cm³/mol. The Morgan fingerprint density at radius 3 is 1.82 bits per heavy atom. The second kappa shape index (κ2) is 2.97. The molecule has 0 fully saturated rings. The minimum atomic E-state index is -3.68. The third kappa shape index (κ3) is 4.19. The molecule has 2 nitrogen and oxygen atoms in total. The summed E-state index contributed by atoms with van der Waals surface area (Å²) in [5, 5.41) is 4.35. The van der Waals surface area contributed by atoms with Crippen LogP contribution in [-0.2, 0) is 4.79 Å². The van der Waals surface area contributed by atoms with Gasteiger partial charge in [-0.05, 0) is 0 Å². The van der Waals surface area contributed by atoms with E-state index in [0.29, 0.717) is 0 Å². The highest BCUT2D eigenvalue weighted by molar-refractivity contribution is 8.02. The molecule has 0 unspecified atom stereocenters. The van der Waals surface area contributed by atoms with E-state index in [2.05, 4.69) is 0 Å². The van der Waals surface area contributed by atoms with E-state index in [1.807, 2.05) is 0 Å². The Balaban J connectivity index is 4.25. The maximum atomic E-state index is 12.4. The van der Waals surface area contributed by atoms with E-state index in [4.69, 9.17) is 5.11 Å². The van der Waals surface area contributed by atoms with E-state index in [0.717, 1.165) is 0 Å². The summed E-state index contributed by atoms with van der Waals surface area (Å²) < 4.78 is 24.1. The van der Waals surface area contributed by atoms with Crippen LogP contribution in [0.2, 0.25) is 0 Å². The Bertz CT molecular complexity index is 162. The molecule has 11 heavy (non-hydrogen) atoms. The van der Waals surface area contributed by atoms with E-state index in [-0.39, 0.29) is 11.8 Å². The maximum absolute atomic E-state index is 12.4. The van der Waals surface area contributed by atoms with E-state index in [1.165, 1.54) is 20.8 Å². The molecule has 1 N–H and O–H groups in total. The van der Waals surface area contributed by atoms with E-state index in [1.54, 1.807) is 0 Å². The number of aliphatic carboxylic acids is 1. The van der Waals surface area contributed by atoms with Crippen LogP contribution in [0.25, 0.3) is 0 Å². The van der Waals surface area contributed by atoms with Crippen LogP contribution in [0.1, 0.15) is 20.8 Å². The van der Waals surface area contributed by atoms with Gasteiger partial charge in [-0.15, -0.1) is 0 Å². The number of alkyl halides is 2. The summed E-state index contributed by atoms with van der Waals surface area (Å²) in [6, 6.07) is 0. The van der Waals surface area contributed by atoms with Crippen molar-refractivity contribution in [1.82, 2.24) is 0 Å². The molecule has 0 aliphatic carbocycles. The zero-order chi connectivity index (χ0) is 9.28. The van der Waals surface area contributed by atoms with Crippen LogP contribution in [0, 0.1) is 0 Å². The van der Waals surface area contributed by atoms with Gasteiger partial charge in [0.1, 0.15) is 0 Å². The Morgan fingerprint density at radius 2 is 1.73 bits per heavy atom. The fourth-order valence-electron chi connectivity index (χ4n) is 0.428. The lowest BCUT2D eigenvalue weighted by Crippen LogP contribution is -2.29. The summed E-state index contributed by atoms with van der Waals surface area (Å²) >= 11 is 0.134. The van der Waals surface area contributed by atoms with Gasteiger partial charge in [0.25, 0.3) is 0 Å². The van der Waals surface area contributed by atoms with Gasteiger partial charge in [0, 0.05) is 4.75 Å². The Hall–Kier alpha value is -0.320. The smallest absolute Gasteiger partial charge is 0.389 e. The van der Waals surface area contributed by atoms with Crippen molar-refractivity contribution in [3.05, 3.63) is 0 Å². The van der Waals surface area contributed by atoms with Crippen molar-refractivity contribution in [1.29, 1.82) is 0 Å². The summed E-state index contributed by atoms with van der Waals surface area (Å²) in [7, 11) is 0. The molecule has 0 aliphatic heterocycles. The highest BCUT2D eigenvalue weighted by Crippen LogP contribution is 2.38. The molecule has 0 bridgehead atoms. The average molecular weight is 184 g/mol. The third-order valence-electron chi connectivity index (χ3n) is 0.683. The van der Waals surface area contributed by atoms with Gasteiger partial charge in [-0.1, -0.05) is 32.5 Å². The molecule has 0 heterocycles. The van der Waals surface area contributed by atoms with Crippen molar-refractivity contribution >= 4 is 17.7 Å². The van der Waals surface area contributed by atoms with Crippen LogP contribution in [0.5, 0.6) is 0 Å². The minimum absolute atomic E-state index is 0.134. The number of rotatable bonds is 2. The van der Waals surface area contributed by atoms with Crippen molar-refractivity contribution < 1.29 is 18.7 Å². The molecule has 0 saturated heterocycles. The monoisotopic (exact) mass is 184 g/mol. The van der Waals surface area contributed by atoms with Gasteiger partial charge in [0.05, 0.1) is 0 Å². The lowest BCUT2D eigenvalue weighted by atomic mass is 10.3. The van der Waals surface area contributed by atoms with E-state index in [9.17, 15) is 13.6 Å². The second-order valence-corrected chi connectivity index (χ2v) is 4.98. The number of halogens is 2. The quantitative estimate of drug-likeness (QED) is 0.714. The Labute approximate surface area is 68.0 Å². The first-order valence-electron chi connectivity index (χ1n) is 2.96. The maximum Gasteiger partial charge on any atom is 0.389 e. The molecule has 66 valence electrons. The van der Waals surface area contributed by atoms with Crippen molar-refractivity contribution in [3.8, 4) is 0 Å². The van der Waals surface area contributed by atoms with Gasteiger partial charge < -0.3 is 5.11 Å². The average Bonchev–Trinajstić information content (AvgIpc) is 1.56. The van der Waals surface area contributed by atoms with Crippen LogP contribution >= 0.6 is 11.8 Å². The number of carbonyl (C=O) groups is 1. The summed E-state index contributed by atoms with van der Waals surface area (Å²) in [5.74, 6) is -2.09. The first kappa shape index (κ1) is 10.7. The predicted octanol–water partition coefficient (Wildman–Crippen LogP) is 2.20. The van der Waals surface area contributed by atoms with Gasteiger partial charge >= 0.3 is 11.2 Å². The normalized spacial score (nSPS) is 13.2. The zero-order valence-electron chi connectivity index (χ0n) is 6.52. The lowest BCUT2D eigenvalue weighted by molar-refractivity contribution is -0.153. The third-order valence-corrected chi connectivity index (χ3v) is 1.73. The number of thioether (sulfide) groups is 1. The van der Waals surface area contributed by atoms with Crippen molar-refractivity contribution in [2.45, 2.75) is 30.8 Å². The fourth-order valence-corrected chi connectivity index (χ4v) is 1.28. The summed E-state index contributed by atoms with van der Waals surface area (Å²) in [5.41, 5.74) is 0. The molecule has 0 radical (unpaired) electrons. The summed E-state index contributed by atoms with van der Waals surface area (Å²) in [6.45, 7) is 4.61. The molecule has 0 aromatic rings. The lowest BCUT2D eigenvalue weighted by Gasteiger charge is -2.21. The van der Waals surface area contributed by atoms with Gasteiger partial charge in [0.15, 0.2) is 0 Å². The van der Waals surface area contributed by atoms with Crippen molar-refractivity contribution in [2.75, 3.05) is 0 Å². The molecule has 5 heteroatoms. The number of hydrogen-bond donors (Lipinski definition) is 1. The molecule has 0 atom stereocenters. The van der Waals surface area contributed by atoms with E-state index < -0.39 is 16.0 Å². The van der Waals surface area contributed by atoms with Crippen LogP contribution in [0.4, 0.5) is 8.78 Å². The Morgan fingerprint density at radius 1 is 1.36 bits per heavy atom. The largest absolute Gasteiger partial charge is 0.476 e. The van der Waals surface area contributed by atoms with Crippen LogP contribution < -0.4 is 0 Å². The topological polar surface area (TPSA) is 37.3 Å². The highest BCUT2D eigenvalue weighted by atomic mass is 32.2. The minimum Gasteiger partial charge on any atom is -0.476 e. The number of carboxylic acids is 1. The number of hydrogen-bond acceptors (Lipinski definition) is 2. The van der Waals surface area contributed by atoms with Crippen LogP contribution in [0.3, 0.4) is 0 Å². The molecule has 0 aromatic carbocycles. The van der Waals surface area contributed by atoms with Gasteiger partial charge in [-0.2, -0.15) is 8.78 Å². The highest BCUT2D eigenvalue weighted by Gasteiger charge is 2.43.